The molecule has 1 aliphatic carbocycles. The van der Waals surface area contributed by atoms with E-state index in [9.17, 15) is 14.4 Å². The van der Waals surface area contributed by atoms with Crippen molar-refractivity contribution in [3.63, 3.8) is 0 Å². The molecule has 1 spiro atoms. The monoisotopic (exact) mass is 533 g/mol. The van der Waals surface area contributed by atoms with Gasteiger partial charge in [0.15, 0.2) is 0 Å². The van der Waals surface area contributed by atoms with Gasteiger partial charge in [-0.25, -0.2) is 0 Å². The molecule has 1 saturated carbocycles. The van der Waals surface area contributed by atoms with Gasteiger partial charge in [-0.15, -0.1) is 0 Å². The maximum Gasteiger partial charge on any atom is 0.246 e. The zero-order valence-electron chi connectivity index (χ0n) is 21.3. The van der Waals surface area contributed by atoms with E-state index < -0.39 is 29.6 Å². The smallest absolute Gasteiger partial charge is 0.246 e. The number of ether oxygens (including phenoxy) is 1. The summed E-state index contributed by atoms with van der Waals surface area (Å²) < 4.78 is 6.47. The Balaban J connectivity index is 1.35. The standard InChI is InChI=1S/C30H32ClN3O4/c1-18(19-8-4-2-5-9-19)34-26(28(36)33-21-10-6-3-7-11-21)30-17-16-23(38-30)24(25(30)29(34)37)27(35)32-22-14-12-20(31)13-15-22/h2,4-5,8-9,12-18,21,23-26H,3,6-7,10-11H2,1H3,(H,32,35)(H,33,36)/t18?,23-,24?,25-,26?,30?/m1/s1. The molecule has 2 bridgehead atoms. The van der Waals surface area contributed by atoms with Gasteiger partial charge in [0, 0.05) is 16.8 Å². The summed E-state index contributed by atoms with van der Waals surface area (Å²) in [6.07, 6.45) is 8.33. The van der Waals surface area contributed by atoms with E-state index in [-0.39, 0.29) is 29.8 Å². The van der Waals surface area contributed by atoms with Crippen molar-refractivity contribution in [2.24, 2.45) is 11.8 Å². The molecule has 4 unspecified atom stereocenters. The summed E-state index contributed by atoms with van der Waals surface area (Å²) in [5.74, 6) is -2.28. The summed E-state index contributed by atoms with van der Waals surface area (Å²) in [4.78, 5) is 43.5. The molecule has 2 aromatic carbocycles. The molecule has 7 nitrogen and oxygen atoms in total. The normalized spacial score (nSPS) is 30.8. The van der Waals surface area contributed by atoms with Crippen LogP contribution in [0.5, 0.6) is 0 Å². The van der Waals surface area contributed by atoms with Crippen LogP contribution in [-0.4, -0.2) is 46.4 Å². The number of halogens is 1. The molecule has 4 aliphatic rings. The number of nitrogens with zero attached hydrogens (tertiary/aromatic N) is 1. The number of carbonyl (C=O) groups excluding carboxylic acids is 3. The number of fused-ring (bicyclic) bond motifs is 1. The summed E-state index contributed by atoms with van der Waals surface area (Å²) in [5.41, 5.74) is 0.325. The topological polar surface area (TPSA) is 87.7 Å². The molecular weight excluding hydrogens is 502 g/mol. The molecule has 3 heterocycles. The summed E-state index contributed by atoms with van der Waals surface area (Å²) in [7, 11) is 0. The zero-order chi connectivity index (χ0) is 26.4. The van der Waals surface area contributed by atoms with Crippen molar-refractivity contribution in [2.75, 3.05) is 5.32 Å². The van der Waals surface area contributed by atoms with Crippen LogP contribution >= 0.6 is 11.6 Å². The Labute approximate surface area is 227 Å². The molecule has 8 heteroatoms. The Bertz CT molecular complexity index is 1260. The fourth-order valence-corrected chi connectivity index (χ4v) is 6.93. The SMILES string of the molecule is CC(c1ccccc1)N1C(=O)[C@H]2C(C(=O)Nc3ccc(Cl)cc3)[C@H]3C=CC2(O3)C1C(=O)NC1CCCCC1. The van der Waals surface area contributed by atoms with Crippen LogP contribution in [0.3, 0.4) is 0 Å². The molecule has 2 N–H and O–H groups in total. The van der Waals surface area contributed by atoms with Crippen molar-refractivity contribution in [1.29, 1.82) is 0 Å². The van der Waals surface area contributed by atoms with Gasteiger partial charge in [0.1, 0.15) is 11.6 Å². The van der Waals surface area contributed by atoms with Crippen LogP contribution in [0.2, 0.25) is 5.02 Å². The Kier molecular flexibility index (Phi) is 6.52. The number of hydrogen-bond acceptors (Lipinski definition) is 4. The average Bonchev–Trinajstić information content (AvgIpc) is 3.58. The van der Waals surface area contributed by atoms with Crippen molar-refractivity contribution in [2.45, 2.75) is 68.9 Å². The lowest BCUT2D eigenvalue weighted by molar-refractivity contribution is -0.143. The van der Waals surface area contributed by atoms with Gasteiger partial charge in [-0.1, -0.05) is 73.3 Å². The van der Waals surface area contributed by atoms with Gasteiger partial charge in [0.25, 0.3) is 0 Å². The minimum absolute atomic E-state index is 0.0854. The predicted octanol–water partition coefficient (Wildman–Crippen LogP) is 4.64. The number of hydrogen-bond donors (Lipinski definition) is 2. The van der Waals surface area contributed by atoms with Crippen molar-refractivity contribution in [3.05, 3.63) is 77.3 Å². The highest BCUT2D eigenvalue weighted by atomic mass is 35.5. The lowest BCUT2D eigenvalue weighted by atomic mass is 9.74. The molecular formula is C30H32ClN3O4. The quantitative estimate of drug-likeness (QED) is 0.530. The summed E-state index contributed by atoms with van der Waals surface area (Å²) in [6.45, 7) is 1.94. The largest absolute Gasteiger partial charge is 0.359 e. The lowest BCUT2D eigenvalue weighted by Gasteiger charge is -2.37. The molecule has 3 amide bonds. The number of likely N-dealkylation sites (tertiary alicyclic amines) is 1. The van der Waals surface area contributed by atoms with E-state index in [2.05, 4.69) is 10.6 Å². The van der Waals surface area contributed by atoms with Gasteiger partial charge in [0.05, 0.1) is 24.0 Å². The van der Waals surface area contributed by atoms with Gasteiger partial charge >= 0.3 is 0 Å². The molecule has 38 heavy (non-hydrogen) atoms. The predicted molar refractivity (Wildman–Crippen MR) is 144 cm³/mol. The van der Waals surface area contributed by atoms with Gasteiger partial charge in [-0.3, -0.25) is 14.4 Å². The van der Waals surface area contributed by atoms with E-state index in [0.29, 0.717) is 10.7 Å². The molecule has 2 saturated heterocycles. The first kappa shape index (κ1) is 25.1. The minimum atomic E-state index is -1.19. The van der Waals surface area contributed by atoms with Crippen LogP contribution in [0.15, 0.2) is 66.7 Å². The molecule has 6 rings (SSSR count). The van der Waals surface area contributed by atoms with E-state index in [1.807, 2.05) is 49.4 Å². The van der Waals surface area contributed by atoms with Crippen LogP contribution in [0.4, 0.5) is 5.69 Å². The maximum atomic E-state index is 14.2. The molecule has 3 fully saturated rings. The second-order valence-electron chi connectivity index (χ2n) is 10.9. The van der Waals surface area contributed by atoms with E-state index >= 15 is 0 Å². The van der Waals surface area contributed by atoms with E-state index in [1.54, 1.807) is 29.2 Å². The van der Waals surface area contributed by atoms with Gasteiger partial charge < -0.3 is 20.3 Å². The lowest BCUT2D eigenvalue weighted by Crippen LogP contribution is -2.56. The second kappa shape index (κ2) is 9.86. The van der Waals surface area contributed by atoms with Gasteiger partial charge in [0.2, 0.25) is 17.7 Å². The molecule has 2 aromatic rings. The molecule has 0 aromatic heterocycles. The van der Waals surface area contributed by atoms with Gasteiger partial charge in [-0.2, -0.15) is 0 Å². The highest BCUT2D eigenvalue weighted by Crippen LogP contribution is 2.56. The van der Waals surface area contributed by atoms with E-state index in [4.69, 9.17) is 16.3 Å². The van der Waals surface area contributed by atoms with Gasteiger partial charge in [-0.05, 0) is 49.6 Å². The maximum absolute atomic E-state index is 14.2. The zero-order valence-corrected chi connectivity index (χ0v) is 22.1. The molecule has 0 radical (unpaired) electrons. The first-order chi connectivity index (χ1) is 18.4. The highest BCUT2D eigenvalue weighted by Gasteiger charge is 2.73. The Morgan fingerprint density at radius 2 is 1.74 bits per heavy atom. The van der Waals surface area contributed by atoms with Crippen LogP contribution in [0.1, 0.15) is 50.6 Å². The highest BCUT2D eigenvalue weighted by molar-refractivity contribution is 6.30. The van der Waals surface area contributed by atoms with Crippen molar-refractivity contribution < 1.29 is 19.1 Å². The van der Waals surface area contributed by atoms with Crippen LogP contribution in [0.25, 0.3) is 0 Å². The first-order valence-electron chi connectivity index (χ1n) is 13.5. The molecule has 198 valence electrons. The first-order valence-corrected chi connectivity index (χ1v) is 13.9. The number of rotatable bonds is 6. The van der Waals surface area contributed by atoms with Crippen molar-refractivity contribution in [1.82, 2.24) is 10.2 Å². The number of nitrogens with one attached hydrogen (secondary N) is 2. The average molecular weight is 534 g/mol. The fraction of sp³-hybridized carbons (Fsp3) is 0.433. The fourth-order valence-electron chi connectivity index (χ4n) is 6.80. The van der Waals surface area contributed by atoms with Crippen LogP contribution in [0, 0.1) is 11.8 Å². The summed E-state index contributed by atoms with van der Waals surface area (Å²) in [6, 6.07) is 15.4. The third kappa shape index (κ3) is 4.12. The Morgan fingerprint density at radius 1 is 1.03 bits per heavy atom. The third-order valence-electron chi connectivity index (χ3n) is 8.63. The summed E-state index contributed by atoms with van der Waals surface area (Å²) in [5, 5.41) is 6.73. The van der Waals surface area contributed by atoms with Crippen LogP contribution in [-0.2, 0) is 19.1 Å². The second-order valence-corrected chi connectivity index (χ2v) is 11.3. The number of benzene rings is 2. The van der Waals surface area contributed by atoms with E-state index in [1.165, 1.54) is 6.42 Å². The summed E-state index contributed by atoms with van der Waals surface area (Å²) >= 11 is 6.00. The molecule has 6 atom stereocenters. The number of amides is 3. The number of carbonyl (C=O) groups is 3. The van der Waals surface area contributed by atoms with Crippen LogP contribution < -0.4 is 10.6 Å². The van der Waals surface area contributed by atoms with Crippen molar-refractivity contribution in [3.8, 4) is 0 Å². The Morgan fingerprint density at radius 3 is 2.45 bits per heavy atom. The third-order valence-corrected chi connectivity index (χ3v) is 8.88. The van der Waals surface area contributed by atoms with E-state index in [0.717, 1.165) is 31.2 Å². The number of anilines is 1. The van der Waals surface area contributed by atoms with Crippen molar-refractivity contribution >= 4 is 35.0 Å². The minimum Gasteiger partial charge on any atom is -0.359 e. The Hall–Kier alpha value is -3.16. The molecule has 3 aliphatic heterocycles.